The number of methoxy groups -OCH3 is 2. The van der Waals surface area contributed by atoms with Crippen LogP contribution in [0.2, 0.25) is 0 Å². The van der Waals surface area contributed by atoms with Crippen molar-refractivity contribution >= 4 is 29.5 Å². The normalized spacial score (nSPS) is 10.4. The van der Waals surface area contributed by atoms with Gasteiger partial charge in [-0.05, 0) is 60.2 Å². The second-order valence-electron chi connectivity index (χ2n) is 6.34. The molecule has 0 fully saturated rings. The first-order valence-corrected chi connectivity index (χ1v) is 9.37. The molecule has 0 spiro atoms. The number of carbonyl (C=O) groups excluding carboxylic acids is 2. The molecule has 0 saturated heterocycles. The molecule has 0 heterocycles. The molecule has 8 nitrogen and oxygen atoms in total. The molecule has 0 atom stereocenters. The summed E-state index contributed by atoms with van der Waals surface area (Å²) in [4.78, 5) is 24.3. The highest BCUT2D eigenvalue weighted by molar-refractivity contribution is 6.00. The van der Waals surface area contributed by atoms with Gasteiger partial charge in [0.2, 0.25) is 0 Å². The number of hydrogen-bond acceptors (Lipinski definition) is 5. The van der Waals surface area contributed by atoms with Crippen molar-refractivity contribution in [2.24, 2.45) is 5.10 Å². The van der Waals surface area contributed by atoms with Gasteiger partial charge in [0.05, 0.1) is 20.4 Å². The summed E-state index contributed by atoms with van der Waals surface area (Å²) >= 11 is 0. The van der Waals surface area contributed by atoms with Crippen molar-refractivity contribution in [1.82, 2.24) is 5.43 Å². The molecule has 0 radical (unpaired) electrons. The highest BCUT2D eigenvalue weighted by atomic mass is 16.5. The van der Waals surface area contributed by atoms with Crippen LogP contribution in [0.4, 0.5) is 16.2 Å². The Morgan fingerprint density at radius 1 is 0.806 bits per heavy atom. The fourth-order valence-corrected chi connectivity index (χ4v) is 2.68. The van der Waals surface area contributed by atoms with E-state index in [4.69, 9.17) is 9.47 Å². The lowest BCUT2D eigenvalue weighted by Crippen LogP contribution is -2.20. The van der Waals surface area contributed by atoms with E-state index in [0.717, 1.165) is 5.56 Å². The van der Waals surface area contributed by atoms with Crippen LogP contribution in [0.15, 0.2) is 77.9 Å². The van der Waals surface area contributed by atoms with Gasteiger partial charge in [-0.3, -0.25) is 4.79 Å². The Morgan fingerprint density at radius 3 is 2.10 bits per heavy atom. The Bertz CT molecular complexity index is 1070. The molecular weight excluding hydrogens is 396 g/mol. The fraction of sp³-hybridized carbons (Fsp3) is 0.0870. The molecule has 31 heavy (non-hydrogen) atoms. The number of rotatable bonds is 7. The number of anilines is 2. The van der Waals surface area contributed by atoms with E-state index in [-0.39, 0.29) is 11.9 Å². The summed E-state index contributed by atoms with van der Waals surface area (Å²) < 4.78 is 10.4. The standard InChI is InChI=1S/C23H22N4O4/c1-30-20-13-8-16(14-21(20)31-2)15-24-27-22(28)17-9-11-19(12-10-17)26-23(29)25-18-6-4-3-5-7-18/h3-15H,1-2H3,(H,27,28)(H2,25,26,29)/b24-15+. The third kappa shape index (κ3) is 6.07. The van der Waals surface area contributed by atoms with Gasteiger partial charge in [0.15, 0.2) is 11.5 Å². The van der Waals surface area contributed by atoms with E-state index in [2.05, 4.69) is 21.2 Å². The number of hydrazone groups is 1. The van der Waals surface area contributed by atoms with Gasteiger partial charge in [-0.15, -0.1) is 0 Å². The maximum absolute atomic E-state index is 12.3. The summed E-state index contributed by atoms with van der Waals surface area (Å²) in [5.41, 5.74) is 4.84. The minimum atomic E-state index is -0.378. The summed E-state index contributed by atoms with van der Waals surface area (Å²) in [6.07, 6.45) is 1.50. The van der Waals surface area contributed by atoms with Crippen molar-refractivity contribution < 1.29 is 19.1 Å². The first-order valence-electron chi connectivity index (χ1n) is 9.37. The molecule has 0 aromatic heterocycles. The summed E-state index contributed by atoms with van der Waals surface area (Å²) in [7, 11) is 3.10. The van der Waals surface area contributed by atoms with Crippen LogP contribution in [0.25, 0.3) is 0 Å². The summed E-state index contributed by atoms with van der Waals surface area (Å²) in [5.74, 6) is 0.795. The lowest BCUT2D eigenvalue weighted by molar-refractivity contribution is 0.0955. The van der Waals surface area contributed by atoms with Gasteiger partial charge in [-0.1, -0.05) is 18.2 Å². The van der Waals surface area contributed by atoms with Crippen LogP contribution in [0, 0.1) is 0 Å². The third-order valence-electron chi connectivity index (χ3n) is 4.22. The highest BCUT2D eigenvalue weighted by Gasteiger charge is 2.07. The highest BCUT2D eigenvalue weighted by Crippen LogP contribution is 2.26. The van der Waals surface area contributed by atoms with E-state index < -0.39 is 0 Å². The fourth-order valence-electron chi connectivity index (χ4n) is 2.68. The van der Waals surface area contributed by atoms with E-state index in [1.807, 2.05) is 18.2 Å². The van der Waals surface area contributed by atoms with Crippen LogP contribution in [0.3, 0.4) is 0 Å². The first-order chi connectivity index (χ1) is 15.1. The number of carbonyl (C=O) groups is 2. The van der Waals surface area contributed by atoms with Gasteiger partial charge in [-0.2, -0.15) is 5.10 Å². The Kier molecular flexibility index (Phi) is 7.21. The zero-order valence-corrected chi connectivity index (χ0v) is 17.1. The molecule has 0 aliphatic rings. The largest absolute Gasteiger partial charge is 0.493 e. The monoisotopic (exact) mass is 418 g/mol. The van der Waals surface area contributed by atoms with E-state index in [9.17, 15) is 9.59 Å². The van der Waals surface area contributed by atoms with Crippen LogP contribution >= 0.6 is 0 Å². The van der Waals surface area contributed by atoms with Gasteiger partial charge in [0, 0.05) is 16.9 Å². The van der Waals surface area contributed by atoms with E-state index in [0.29, 0.717) is 28.4 Å². The average Bonchev–Trinajstić information content (AvgIpc) is 2.80. The molecule has 0 unspecified atom stereocenters. The minimum absolute atomic E-state index is 0.372. The Balaban J connectivity index is 1.54. The molecule has 8 heteroatoms. The zero-order chi connectivity index (χ0) is 22.1. The maximum Gasteiger partial charge on any atom is 0.323 e. The molecule has 0 bridgehead atoms. The molecule has 3 rings (SSSR count). The number of benzene rings is 3. The smallest absolute Gasteiger partial charge is 0.323 e. The predicted octanol–water partition coefficient (Wildman–Crippen LogP) is 4.11. The molecule has 3 aromatic rings. The van der Waals surface area contributed by atoms with Crippen molar-refractivity contribution in [2.45, 2.75) is 0 Å². The number of para-hydroxylation sites is 1. The third-order valence-corrected chi connectivity index (χ3v) is 4.22. The number of nitrogens with one attached hydrogen (secondary N) is 3. The predicted molar refractivity (Wildman–Crippen MR) is 120 cm³/mol. The van der Waals surface area contributed by atoms with Crippen LogP contribution in [0.1, 0.15) is 15.9 Å². The Hall–Kier alpha value is -4.33. The van der Waals surface area contributed by atoms with Crippen LogP contribution in [-0.2, 0) is 0 Å². The van der Waals surface area contributed by atoms with Gasteiger partial charge >= 0.3 is 6.03 Å². The van der Waals surface area contributed by atoms with Crippen LogP contribution < -0.4 is 25.5 Å². The second-order valence-corrected chi connectivity index (χ2v) is 6.34. The average molecular weight is 418 g/mol. The molecule has 0 aliphatic carbocycles. The van der Waals surface area contributed by atoms with Crippen molar-refractivity contribution in [2.75, 3.05) is 24.9 Å². The SMILES string of the molecule is COc1ccc(/C=N/NC(=O)c2ccc(NC(=O)Nc3ccccc3)cc2)cc1OC. The van der Waals surface area contributed by atoms with Gasteiger partial charge < -0.3 is 20.1 Å². The molecule has 158 valence electrons. The van der Waals surface area contributed by atoms with Crippen molar-refractivity contribution in [3.05, 3.63) is 83.9 Å². The summed E-state index contributed by atoms with van der Waals surface area (Å²) in [5, 5.41) is 9.40. The Labute approximate surface area is 179 Å². The zero-order valence-electron chi connectivity index (χ0n) is 17.1. The second kappa shape index (κ2) is 10.4. The van der Waals surface area contributed by atoms with Crippen molar-refractivity contribution in [1.29, 1.82) is 0 Å². The minimum Gasteiger partial charge on any atom is -0.493 e. The van der Waals surface area contributed by atoms with Crippen LogP contribution in [0.5, 0.6) is 11.5 Å². The number of urea groups is 1. The molecule has 3 aromatic carbocycles. The Morgan fingerprint density at radius 2 is 1.45 bits per heavy atom. The van der Waals surface area contributed by atoms with Gasteiger partial charge in [-0.25, -0.2) is 10.2 Å². The lowest BCUT2D eigenvalue weighted by atomic mass is 10.2. The van der Waals surface area contributed by atoms with Crippen LogP contribution in [-0.4, -0.2) is 32.4 Å². The molecule has 3 amide bonds. The van der Waals surface area contributed by atoms with E-state index in [1.165, 1.54) is 6.21 Å². The molecule has 0 aliphatic heterocycles. The summed E-state index contributed by atoms with van der Waals surface area (Å²) in [6, 6.07) is 20.5. The molecular formula is C23H22N4O4. The topological polar surface area (TPSA) is 101 Å². The van der Waals surface area contributed by atoms with E-state index in [1.54, 1.807) is 68.8 Å². The number of ether oxygens (including phenoxy) is 2. The number of nitrogens with zero attached hydrogens (tertiary/aromatic N) is 1. The lowest BCUT2D eigenvalue weighted by Gasteiger charge is -2.08. The summed E-state index contributed by atoms with van der Waals surface area (Å²) in [6.45, 7) is 0. The molecule has 3 N–H and O–H groups in total. The van der Waals surface area contributed by atoms with E-state index >= 15 is 0 Å². The van der Waals surface area contributed by atoms with Crippen molar-refractivity contribution in [3.63, 3.8) is 0 Å². The molecule has 0 saturated carbocycles. The number of amides is 3. The first kappa shape index (κ1) is 21.4. The van der Waals surface area contributed by atoms with Gasteiger partial charge in [0.1, 0.15) is 0 Å². The van der Waals surface area contributed by atoms with Crippen molar-refractivity contribution in [3.8, 4) is 11.5 Å². The quantitative estimate of drug-likeness (QED) is 0.397. The van der Waals surface area contributed by atoms with Gasteiger partial charge in [0.25, 0.3) is 5.91 Å². The maximum atomic E-state index is 12.3. The number of hydrogen-bond donors (Lipinski definition) is 3.